The molecule has 0 amide bonds. The lowest BCUT2D eigenvalue weighted by Crippen LogP contribution is -2.26. The predicted molar refractivity (Wildman–Crippen MR) is 73.0 cm³/mol. The minimum absolute atomic E-state index is 0.165. The summed E-state index contributed by atoms with van der Waals surface area (Å²) < 4.78 is 2.01. The van der Waals surface area contributed by atoms with Crippen molar-refractivity contribution < 1.29 is 0 Å². The van der Waals surface area contributed by atoms with Gasteiger partial charge in [-0.25, -0.2) is 5.10 Å². The second kappa shape index (κ2) is 5.16. The van der Waals surface area contributed by atoms with Crippen molar-refractivity contribution in [2.75, 3.05) is 6.54 Å². The number of aromatic nitrogens is 5. The second-order valence-corrected chi connectivity index (χ2v) is 5.20. The summed E-state index contributed by atoms with van der Waals surface area (Å²) in [4.78, 5) is 13.4. The van der Waals surface area contributed by atoms with E-state index in [1.54, 1.807) is 0 Å². The number of H-pyrrole nitrogens is 1. The van der Waals surface area contributed by atoms with E-state index in [2.05, 4.69) is 25.3 Å². The van der Waals surface area contributed by atoms with Crippen molar-refractivity contribution in [1.29, 1.82) is 0 Å². The van der Waals surface area contributed by atoms with E-state index in [4.69, 9.17) is 0 Å². The van der Waals surface area contributed by atoms with Gasteiger partial charge in [-0.15, -0.1) is 10.2 Å². The molecule has 0 spiro atoms. The first kappa shape index (κ1) is 13.0. The van der Waals surface area contributed by atoms with Crippen molar-refractivity contribution in [3.8, 4) is 0 Å². The molecule has 7 nitrogen and oxygen atoms in total. The fraction of sp³-hybridized carbons (Fsp3) is 0.538. The van der Waals surface area contributed by atoms with E-state index in [1.807, 2.05) is 24.6 Å². The van der Waals surface area contributed by atoms with Crippen LogP contribution in [0.25, 0.3) is 0 Å². The van der Waals surface area contributed by atoms with Crippen LogP contribution in [0.4, 0.5) is 0 Å². The molecule has 1 unspecified atom stereocenters. The lowest BCUT2D eigenvalue weighted by Gasteiger charge is -2.23. The first-order chi connectivity index (χ1) is 9.65. The fourth-order valence-electron chi connectivity index (χ4n) is 2.66. The Morgan fingerprint density at radius 2 is 2.25 bits per heavy atom. The largest absolute Gasteiger partial charge is 0.317 e. The number of nitrogens with zero attached hydrogens (tertiary/aromatic N) is 5. The zero-order valence-electron chi connectivity index (χ0n) is 11.7. The number of hydrogen-bond donors (Lipinski definition) is 1. The van der Waals surface area contributed by atoms with Crippen molar-refractivity contribution in [2.45, 2.75) is 32.4 Å². The summed E-state index contributed by atoms with van der Waals surface area (Å²) in [6.07, 6.45) is 2.18. The zero-order chi connectivity index (χ0) is 14.1. The Balaban J connectivity index is 1.80. The minimum atomic E-state index is -0.165. The molecule has 0 saturated carbocycles. The fourth-order valence-corrected chi connectivity index (χ4v) is 2.66. The van der Waals surface area contributed by atoms with E-state index < -0.39 is 0 Å². The average molecular weight is 274 g/mol. The first-order valence-electron chi connectivity index (χ1n) is 6.79. The maximum atomic E-state index is 11.1. The SMILES string of the molecule is Cc1nnc(CN2CCCC2c2ccc(=O)[nH]n2)n1C. The van der Waals surface area contributed by atoms with Gasteiger partial charge in [-0.05, 0) is 32.4 Å². The number of rotatable bonds is 3. The van der Waals surface area contributed by atoms with E-state index in [9.17, 15) is 4.79 Å². The van der Waals surface area contributed by atoms with Gasteiger partial charge < -0.3 is 4.57 Å². The van der Waals surface area contributed by atoms with Crippen molar-refractivity contribution in [2.24, 2.45) is 7.05 Å². The summed E-state index contributed by atoms with van der Waals surface area (Å²) >= 11 is 0. The van der Waals surface area contributed by atoms with E-state index in [-0.39, 0.29) is 11.6 Å². The number of nitrogens with one attached hydrogen (secondary N) is 1. The second-order valence-electron chi connectivity index (χ2n) is 5.20. The zero-order valence-corrected chi connectivity index (χ0v) is 11.7. The molecule has 0 aromatic carbocycles. The van der Waals surface area contributed by atoms with Gasteiger partial charge in [-0.1, -0.05) is 0 Å². The highest BCUT2D eigenvalue weighted by Crippen LogP contribution is 2.31. The van der Waals surface area contributed by atoms with Gasteiger partial charge in [0, 0.05) is 13.1 Å². The van der Waals surface area contributed by atoms with Crippen LogP contribution in [-0.4, -0.2) is 36.4 Å². The molecule has 1 atom stereocenters. The summed E-state index contributed by atoms with van der Waals surface area (Å²) in [5.74, 6) is 1.87. The van der Waals surface area contributed by atoms with Crippen LogP contribution in [0, 0.1) is 6.92 Å². The Morgan fingerprint density at radius 3 is 2.90 bits per heavy atom. The summed E-state index contributed by atoms with van der Waals surface area (Å²) in [5.41, 5.74) is 0.753. The van der Waals surface area contributed by atoms with Crippen LogP contribution in [0.1, 0.15) is 36.2 Å². The van der Waals surface area contributed by atoms with Crippen LogP contribution in [0.2, 0.25) is 0 Å². The van der Waals surface area contributed by atoms with Crippen molar-refractivity contribution in [1.82, 2.24) is 29.9 Å². The highest BCUT2D eigenvalue weighted by Gasteiger charge is 2.28. The topological polar surface area (TPSA) is 79.7 Å². The number of likely N-dealkylation sites (tertiary alicyclic amines) is 1. The lowest BCUT2D eigenvalue weighted by molar-refractivity contribution is 0.234. The predicted octanol–water partition coefficient (Wildman–Crippen LogP) is 0.544. The smallest absolute Gasteiger partial charge is 0.264 e. The average Bonchev–Trinajstić information content (AvgIpc) is 3.02. The normalized spacial score (nSPS) is 19.6. The van der Waals surface area contributed by atoms with Crippen LogP contribution >= 0.6 is 0 Å². The first-order valence-corrected chi connectivity index (χ1v) is 6.79. The molecule has 0 bridgehead atoms. The van der Waals surface area contributed by atoms with Gasteiger partial charge >= 0.3 is 0 Å². The molecule has 106 valence electrons. The van der Waals surface area contributed by atoms with E-state index in [0.29, 0.717) is 0 Å². The maximum Gasteiger partial charge on any atom is 0.264 e. The van der Waals surface area contributed by atoms with Gasteiger partial charge in [-0.2, -0.15) is 5.10 Å². The molecule has 2 aromatic heterocycles. The summed E-state index contributed by atoms with van der Waals surface area (Å²) in [6.45, 7) is 3.71. The molecule has 1 aliphatic rings. The Morgan fingerprint density at radius 1 is 1.40 bits per heavy atom. The van der Waals surface area contributed by atoms with E-state index in [0.717, 1.165) is 43.3 Å². The van der Waals surface area contributed by atoms with Gasteiger partial charge in [0.1, 0.15) is 11.6 Å². The lowest BCUT2D eigenvalue weighted by atomic mass is 10.1. The molecule has 7 heteroatoms. The molecule has 1 N–H and O–H groups in total. The molecular formula is C13H18N6O. The Kier molecular flexibility index (Phi) is 3.35. The number of aromatic amines is 1. The molecular weight excluding hydrogens is 256 g/mol. The van der Waals surface area contributed by atoms with Crippen LogP contribution in [0.5, 0.6) is 0 Å². The minimum Gasteiger partial charge on any atom is -0.317 e. The molecule has 3 heterocycles. The molecule has 1 saturated heterocycles. The monoisotopic (exact) mass is 274 g/mol. The Hall–Kier alpha value is -2.02. The number of aryl methyl sites for hydroxylation is 1. The Bertz CT molecular complexity index is 641. The van der Waals surface area contributed by atoms with Gasteiger partial charge in [-0.3, -0.25) is 9.69 Å². The van der Waals surface area contributed by atoms with E-state index >= 15 is 0 Å². The van der Waals surface area contributed by atoms with Crippen molar-refractivity contribution in [3.63, 3.8) is 0 Å². The third kappa shape index (κ3) is 2.36. The van der Waals surface area contributed by atoms with Gasteiger partial charge in [0.2, 0.25) is 0 Å². The quantitative estimate of drug-likeness (QED) is 0.884. The molecule has 2 aromatic rings. The molecule has 0 aliphatic carbocycles. The standard InChI is InChI=1S/C13H18N6O/c1-9-14-16-12(18(9)2)8-19-7-3-4-11(19)10-5-6-13(20)17-15-10/h5-6,11H,3-4,7-8H2,1-2H3,(H,17,20). The third-order valence-corrected chi connectivity index (χ3v) is 3.93. The van der Waals surface area contributed by atoms with Crippen LogP contribution in [0.15, 0.2) is 16.9 Å². The van der Waals surface area contributed by atoms with Gasteiger partial charge in [0.05, 0.1) is 18.3 Å². The van der Waals surface area contributed by atoms with E-state index in [1.165, 1.54) is 6.07 Å². The highest BCUT2D eigenvalue weighted by atomic mass is 16.1. The van der Waals surface area contributed by atoms with Crippen LogP contribution < -0.4 is 5.56 Å². The van der Waals surface area contributed by atoms with Crippen LogP contribution in [0.3, 0.4) is 0 Å². The van der Waals surface area contributed by atoms with Crippen LogP contribution in [-0.2, 0) is 13.6 Å². The molecule has 1 fully saturated rings. The molecule has 3 rings (SSSR count). The summed E-state index contributed by atoms with van der Waals surface area (Å²) in [6, 6.07) is 3.58. The maximum absolute atomic E-state index is 11.1. The van der Waals surface area contributed by atoms with Crippen molar-refractivity contribution in [3.05, 3.63) is 39.8 Å². The summed E-state index contributed by atoms with van der Waals surface area (Å²) in [7, 11) is 1.98. The van der Waals surface area contributed by atoms with Crippen molar-refractivity contribution >= 4 is 0 Å². The Labute approximate surface area is 116 Å². The van der Waals surface area contributed by atoms with Gasteiger partial charge in [0.15, 0.2) is 0 Å². The molecule has 20 heavy (non-hydrogen) atoms. The summed E-state index contributed by atoms with van der Waals surface area (Å²) in [5, 5.41) is 15.0. The number of hydrogen-bond acceptors (Lipinski definition) is 5. The molecule has 1 aliphatic heterocycles. The van der Waals surface area contributed by atoms with Gasteiger partial charge in [0.25, 0.3) is 5.56 Å². The molecule has 0 radical (unpaired) electrons. The highest BCUT2D eigenvalue weighted by molar-refractivity contribution is 5.08. The third-order valence-electron chi connectivity index (χ3n) is 3.93.